The van der Waals surface area contributed by atoms with Crippen LogP contribution in [0.1, 0.15) is 28.1 Å². The molecule has 0 fully saturated rings. The van der Waals surface area contributed by atoms with E-state index in [1.54, 1.807) is 48.7 Å². The van der Waals surface area contributed by atoms with Gasteiger partial charge in [0.15, 0.2) is 0 Å². The first-order chi connectivity index (χ1) is 26.5. The Kier molecular flexibility index (Phi) is 9.21. The molecule has 0 aliphatic carbocycles. The molecule has 4 heterocycles. The Morgan fingerprint density at radius 1 is 0.685 bits per heavy atom. The van der Waals surface area contributed by atoms with Crippen LogP contribution in [0, 0.1) is 22.7 Å². The Bertz CT molecular complexity index is 2700. The van der Waals surface area contributed by atoms with Crippen molar-refractivity contribution in [2.45, 2.75) is 19.5 Å². The first-order valence-electron chi connectivity index (χ1n) is 17.6. The predicted octanol–water partition coefficient (Wildman–Crippen LogP) is 8.22. The number of hydrogen-bond acceptors (Lipinski definition) is 6. The summed E-state index contributed by atoms with van der Waals surface area (Å²) >= 11 is 0. The number of likely N-dealkylation sites (N-methyl/N-ethyl adjacent to an activating group) is 1. The highest BCUT2D eigenvalue weighted by molar-refractivity contribution is 5.95. The van der Waals surface area contributed by atoms with E-state index in [1.165, 1.54) is 0 Å². The lowest BCUT2D eigenvalue weighted by Gasteiger charge is -2.19. The van der Waals surface area contributed by atoms with Crippen LogP contribution in [0.5, 0.6) is 0 Å². The van der Waals surface area contributed by atoms with Crippen LogP contribution in [0.15, 0.2) is 146 Å². The fourth-order valence-corrected chi connectivity index (χ4v) is 6.89. The van der Waals surface area contributed by atoms with E-state index in [-0.39, 0.29) is 12.3 Å². The largest absolute Gasteiger partial charge is 0.315 e. The Labute approximate surface area is 312 Å². The number of nitrogens with one attached hydrogen (secondary N) is 1. The van der Waals surface area contributed by atoms with Crippen molar-refractivity contribution in [2.24, 2.45) is 0 Å². The van der Waals surface area contributed by atoms with Gasteiger partial charge in [-0.15, -0.1) is 0 Å². The molecule has 8 aromatic rings. The van der Waals surface area contributed by atoms with Gasteiger partial charge in [-0.05, 0) is 65.2 Å². The molecule has 1 amide bonds. The first kappa shape index (κ1) is 33.8. The Morgan fingerprint density at radius 3 is 2.06 bits per heavy atom. The monoisotopic (exact) mass is 702 g/mol. The maximum Gasteiger partial charge on any atom is 0.232 e. The number of benzene rings is 4. The molecule has 0 atom stereocenters. The van der Waals surface area contributed by atoms with Crippen LogP contribution >= 0.6 is 0 Å². The van der Waals surface area contributed by atoms with Gasteiger partial charge in [-0.25, -0.2) is 9.97 Å². The summed E-state index contributed by atoms with van der Waals surface area (Å²) in [5, 5.41) is 22.0. The van der Waals surface area contributed by atoms with E-state index in [9.17, 15) is 15.3 Å². The maximum atomic E-state index is 13.7. The third-order valence-corrected chi connectivity index (χ3v) is 9.84. The van der Waals surface area contributed by atoms with Crippen LogP contribution < -0.4 is 10.2 Å². The minimum Gasteiger partial charge on any atom is -0.315 e. The molecule has 9 nitrogen and oxygen atoms in total. The van der Waals surface area contributed by atoms with Crippen molar-refractivity contribution in [1.82, 2.24) is 24.1 Å². The van der Waals surface area contributed by atoms with Crippen LogP contribution in [-0.2, 0) is 24.3 Å². The highest BCUT2D eigenvalue weighted by Crippen LogP contribution is 2.33. The van der Waals surface area contributed by atoms with Gasteiger partial charge in [0, 0.05) is 53.9 Å². The molecule has 9 heteroatoms. The number of imidazole rings is 2. The molecule has 4 aromatic carbocycles. The summed E-state index contributed by atoms with van der Waals surface area (Å²) in [6.07, 6.45) is 5.58. The maximum absolute atomic E-state index is 13.7. The lowest BCUT2D eigenvalue weighted by molar-refractivity contribution is -0.117. The summed E-state index contributed by atoms with van der Waals surface area (Å²) in [6.45, 7) is 1.26. The smallest absolute Gasteiger partial charge is 0.232 e. The molecular formula is C45H34N8O. The number of nitriles is 2. The first-order valence-corrected chi connectivity index (χ1v) is 17.6. The number of carbonyl (C=O) groups is 1. The number of carbonyl (C=O) groups excluding carboxylic acids is 1. The molecule has 260 valence electrons. The normalized spacial score (nSPS) is 11.0. The summed E-state index contributed by atoms with van der Waals surface area (Å²) in [4.78, 5) is 24.6. The molecular weight excluding hydrogens is 669 g/mol. The van der Waals surface area contributed by atoms with Crippen LogP contribution in [0.25, 0.3) is 44.5 Å². The van der Waals surface area contributed by atoms with Gasteiger partial charge in [-0.2, -0.15) is 10.5 Å². The van der Waals surface area contributed by atoms with Gasteiger partial charge in [0.1, 0.15) is 6.33 Å². The average molecular weight is 703 g/mol. The number of aromatic nitrogens is 4. The molecule has 0 radical (unpaired) electrons. The number of hydrogen-bond donors (Lipinski definition) is 1. The third kappa shape index (κ3) is 6.59. The van der Waals surface area contributed by atoms with Crippen molar-refractivity contribution >= 4 is 22.6 Å². The molecule has 0 aliphatic rings. The number of fused-ring (bicyclic) bond motifs is 2. The lowest BCUT2D eigenvalue weighted by Crippen LogP contribution is -2.28. The topological polar surface area (TPSA) is 115 Å². The van der Waals surface area contributed by atoms with Crippen molar-refractivity contribution in [3.63, 3.8) is 0 Å². The molecule has 1 N–H and O–H groups in total. The van der Waals surface area contributed by atoms with Gasteiger partial charge in [0.2, 0.25) is 5.91 Å². The fourth-order valence-electron chi connectivity index (χ4n) is 6.89. The zero-order chi connectivity index (χ0) is 37.0. The highest BCUT2D eigenvalue weighted by Gasteiger charge is 2.19. The molecule has 4 aromatic heterocycles. The van der Waals surface area contributed by atoms with Crippen molar-refractivity contribution in [2.75, 3.05) is 11.9 Å². The Morgan fingerprint density at radius 2 is 1.33 bits per heavy atom. The van der Waals surface area contributed by atoms with Crippen LogP contribution in [0.4, 0.5) is 5.69 Å². The van der Waals surface area contributed by atoms with Gasteiger partial charge < -0.3 is 19.0 Å². The predicted molar refractivity (Wildman–Crippen MR) is 210 cm³/mol. The summed E-state index contributed by atoms with van der Waals surface area (Å²) in [7, 11) is 1.75. The number of amides is 1. The Balaban J connectivity index is 1.10. The summed E-state index contributed by atoms with van der Waals surface area (Å²) < 4.78 is 4.14. The minimum atomic E-state index is -0.0830. The fraction of sp³-hybridized carbons (Fsp3) is 0.0889. The molecule has 0 saturated heterocycles. The van der Waals surface area contributed by atoms with Crippen molar-refractivity contribution in [1.29, 1.82) is 10.5 Å². The number of pyridine rings is 2. The summed E-state index contributed by atoms with van der Waals surface area (Å²) in [5.74, 6) is -0.0830. The molecule has 0 aliphatic heterocycles. The van der Waals surface area contributed by atoms with Crippen molar-refractivity contribution < 1.29 is 4.79 Å². The zero-order valence-corrected chi connectivity index (χ0v) is 29.5. The molecule has 0 saturated carbocycles. The SMILES string of the molecule is CN(C(=O)Cc1c(-c2ccc(-c3ncn4c(CNCc5ccc(C#N)cc5)c(-c5ccccc5)ccc34)cc2)ccc2cncn12)c1ccc(C#N)cc1. The number of anilines is 1. The molecule has 0 bridgehead atoms. The van der Waals surface area contributed by atoms with E-state index in [0.29, 0.717) is 24.2 Å². The Hall–Kier alpha value is -7.33. The van der Waals surface area contributed by atoms with E-state index < -0.39 is 0 Å². The quantitative estimate of drug-likeness (QED) is 0.154. The standard InChI is InChI=1S/C45H34N8O/c1-51(37-17-11-32(25-47)12-18-37)44(54)23-42-39(20-19-38-27-49-29-52(38)42)35-13-15-36(16-14-35)45-41-22-21-40(34-5-3-2-4-6-34)43(53(41)30-50-45)28-48-26-33-9-7-31(24-46)8-10-33/h2-22,27,29-30,48H,23,26,28H2,1H3. The van der Waals surface area contributed by atoms with Gasteiger partial charge in [0.05, 0.1) is 58.9 Å². The lowest BCUT2D eigenvalue weighted by atomic mass is 9.98. The number of rotatable bonds is 10. The van der Waals surface area contributed by atoms with Crippen molar-refractivity contribution in [3.05, 3.63) is 174 Å². The second-order valence-electron chi connectivity index (χ2n) is 13.1. The minimum absolute atomic E-state index is 0.0830. The summed E-state index contributed by atoms with van der Waals surface area (Å²) in [5.41, 5.74) is 12.9. The average Bonchev–Trinajstić information content (AvgIpc) is 3.90. The van der Waals surface area contributed by atoms with Gasteiger partial charge in [0.25, 0.3) is 0 Å². The van der Waals surface area contributed by atoms with Crippen LogP contribution in [0.3, 0.4) is 0 Å². The highest BCUT2D eigenvalue weighted by atomic mass is 16.2. The van der Waals surface area contributed by atoms with E-state index in [0.717, 1.165) is 67.2 Å². The van der Waals surface area contributed by atoms with E-state index >= 15 is 0 Å². The van der Waals surface area contributed by atoms with E-state index in [2.05, 4.69) is 75.4 Å². The van der Waals surface area contributed by atoms with Crippen molar-refractivity contribution in [3.8, 4) is 45.6 Å². The second-order valence-corrected chi connectivity index (χ2v) is 13.1. The van der Waals surface area contributed by atoms with E-state index in [4.69, 9.17) is 4.98 Å². The third-order valence-electron chi connectivity index (χ3n) is 9.84. The van der Waals surface area contributed by atoms with Gasteiger partial charge in [-0.3, -0.25) is 4.79 Å². The van der Waals surface area contributed by atoms with E-state index in [1.807, 2.05) is 65.3 Å². The summed E-state index contributed by atoms with van der Waals surface area (Å²) in [6, 6.07) is 46.0. The second kappa shape index (κ2) is 14.7. The van der Waals surface area contributed by atoms with Crippen LogP contribution in [0.2, 0.25) is 0 Å². The number of nitrogens with zero attached hydrogens (tertiary/aromatic N) is 7. The molecule has 8 rings (SSSR count). The van der Waals surface area contributed by atoms with Gasteiger partial charge >= 0.3 is 0 Å². The molecule has 0 unspecified atom stereocenters. The van der Waals surface area contributed by atoms with Crippen LogP contribution in [-0.4, -0.2) is 31.7 Å². The molecule has 0 spiro atoms. The molecule has 54 heavy (non-hydrogen) atoms. The van der Waals surface area contributed by atoms with Gasteiger partial charge in [-0.1, -0.05) is 78.9 Å². The zero-order valence-electron chi connectivity index (χ0n) is 29.5.